The Hall–Kier alpha value is -1.62. The van der Waals surface area contributed by atoms with E-state index in [0.29, 0.717) is 11.7 Å². The average molecular weight is 264 g/mol. The van der Waals surface area contributed by atoms with Gasteiger partial charge in [-0.25, -0.2) is 9.78 Å². The Balaban J connectivity index is 2.25. The van der Waals surface area contributed by atoms with Gasteiger partial charge in [-0.05, 0) is 38.8 Å². The predicted molar refractivity (Wildman–Crippen MR) is 72.7 cm³/mol. The standard InChI is InChI=1S/C14H20N2O3/c1-8-6-9(2)15-13(12(8)14(17)18)16-10(3)11-4-5-19-7-11/h6,10-11H,4-5,7H2,1-3H3,(H,15,16)(H,17,18). The molecule has 0 radical (unpaired) electrons. The van der Waals surface area contributed by atoms with Crippen LogP contribution in [0.5, 0.6) is 0 Å². The second kappa shape index (κ2) is 5.57. The molecule has 1 aliphatic rings. The Kier molecular flexibility index (Phi) is 4.04. The molecule has 0 aliphatic carbocycles. The lowest BCUT2D eigenvalue weighted by molar-refractivity contribution is 0.0696. The van der Waals surface area contributed by atoms with Crippen LogP contribution in [0.25, 0.3) is 0 Å². The number of carbonyl (C=O) groups is 1. The summed E-state index contributed by atoms with van der Waals surface area (Å²) < 4.78 is 5.36. The molecule has 2 heterocycles. The highest BCUT2D eigenvalue weighted by molar-refractivity contribution is 5.94. The van der Waals surface area contributed by atoms with Gasteiger partial charge in [0.2, 0.25) is 0 Å². The van der Waals surface area contributed by atoms with Gasteiger partial charge in [0, 0.05) is 24.3 Å². The lowest BCUT2D eigenvalue weighted by atomic mass is 10.00. The van der Waals surface area contributed by atoms with Crippen LogP contribution in [0.2, 0.25) is 0 Å². The molecule has 1 aromatic rings. The maximum absolute atomic E-state index is 11.4. The quantitative estimate of drug-likeness (QED) is 0.872. The molecule has 1 aliphatic heterocycles. The summed E-state index contributed by atoms with van der Waals surface area (Å²) in [4.78, 5) is 15.7. The van der Waals surface area contributed by atoms with Crippen molar-refractivity contribution in [1.29, 1.82) is 0 Å². The van der Waals surface area contributed by atoms with Gasteiger partial charge < -0.3 is 15.2 Å². The van der Waals surface area contributed by atoms with Crippen molar-refractivity contribution in [2.75, 3.05) is 18.5 Å². The second-order valence-corrected chi connectivity index (χ2v) is 5.17. The normalized spacial score (nSPS) is 20.3. The monoisotopic (exact) mass is 264 g/mol. The van der Waals surface area contributed by atoms with E-state index in [1.807, 2.05) is 13.8 Å². The van der Waals surface area contributed by atoms with E-state index in [9.17, 15) is 9.90 Å². The number of aromatic carboxylic acids is 1. The Labute approximate surface area is 113 Å². The molecule has 0 amide bonds. The molecule has 19 heavy (non-hydrogen) atoms. The van der Waals surface area contributed by atoms with Gasteiger partial charge in [-0.3, -0.25) is 0 Å². The summed E-state index contributed by atoms with van der Waals surface area (Å²) in [7, 11) is 0. The Bertz CT molecular complexity index is 482. The smallest absolute Gasteiger partial charge is 0.339 e. The number of pyridine rings is 1. The van der Waals surface area contributed by atoms with Crippen molar-refractivity contribution < 1.29 is 14.6 Å². The number of carboxylic acids is 1. The fraction of sp³-hybridized carbons (Fsp3) is 0.571. The van der Waals surface area contributed by atoms with E-state index in [1.54, 1.807) is 13.0 Å². The fourth-order valence-corrected chi connectivity index (χ4v) is 2.49. The summed E-state index contributed by atoms with van der Waals surface area (Å²) >= 11 is 0. The van der Waals surface area contributed by atoms with Crippen molar-refractivity contribution in [3.8, 4) is 0 Å². The van der Waals surface area contributed by atoms with Crippen molar-refractivity contribution in [2.24, 2.45) is 5.92 Å². The number of hydrogen-bond acceptors (Lipinski definition) is 4. The summed E-state index contributed by atoms with van der Waals surface area (Å²) in [5.74, 6) is -0.0731. The average Bonchev–Trinajstić information content (AvgIpc) is 2.80. The summed E-state index contributed by atoms with van der Waals surface area (Å²) in [6.07, 6.45) is 1.00. The first-order chi connectivity index (χ1) is 8.99. The minimum absolute atomic E-state index is 0.147. The molecular formula is C14H20N2O3. The van der Waals surface area contributed by atoms with Crippen molar-refractivity contribution in [3.05, 3.63) is 22.9 Å². The van der Waals surface area contributed by atoms with Crippen LogP contribution in [0, 0.1) is 19.8 Å². The SMILES string of the molecule is Cc1cc(C)c(C(=O)O)c(NC(C)C2CCOC2)n1. The number of carboxylic acid groups (broad SMARTS) is 1. The van der Waals surface area contributed by atoms with E-state index >= 15 is 0 Å². The minimum Gasteiger partial charge on any atom is -0.478 e. The molecular weight excluding hydrogens is 244 g/mol. The van der Waals surface area contributed by atoms with Crippen LogP contribution in [0.4, 0.5) is 5.82 Å². The molecule has 5 heteroatoms. The number of anilines is 1. The first-order valence-electron chi connectivity index (χ1n) is 6.55. The highest BCUT2D eigenvalue weighted by Gasteiger charge is 2.24. The molecule has 0 saturated carbocycles. The number of nitrogens with one attached hydrogen (secondary N) is 1. The highest BCUT2D eigenvalue weighted by atomic mass is 16.5. The van der Waals surface area contributed by atoms with E-state index in [1.165, 1.54) is 0 Å². The molecule has 0 bridgehead atoms. The van der Waals surface area contributed by atoms with E-state index in [-0.39, 0.29) is 11.6 Å². The van der Waals surface area contributed by atoms with Crippen molar-refractivity contribution in [3.63, 3.8) is 0 Å². The van der Waals surface area contributed by atoms with Gasteiger partial charge in [0.25, 0.3) is 0 Å². The third kappa shape index (κ3) is 3.04. The molecule has 2 rings (SSSR count). The molecule has 2 N–H and O–H groups in total. The first kappa shape index (κ1) is 13.8. The van der Waals surface area contributed by atoms with Gasteiger partial charge in [-0.15, -0.1) is 0 Å². The van der Waals surface area contributed by atoms with Crippen LogP contribution >= 0.6 is 0 Å². The molecule has 1 saturated heterocycles. The molecule has 2 unspecified atom stereocenters. The zero-order valence-electron chi connectivity index (χ0n) is 11.6. The first-order valence-corrected chi connectivity index (χ1v) is 6.55. The van der Waals surface area contributed by atoms with Crippen molar-refractivity contribution in [1.82, 2.24) is 4.98 Å². The third-order valence-electron chi connectivity index (χ3n) is 3.59. The van der Waals surface area contributed by atoms with Gasteiger partial charge in [-0.1, -0.05) is 0 Å². The zero-order valence-corrected chi connectivity index (χ0v) is 11.6. The number of rotatable bonds is 4. The highest BCUT2D eigenvalue weighted by Crippen LogP contribution is 2.23. The van der Waals surface area contributed by atoms with Gasteiger partial charge in [0.05, 0.1) is 6.61 Å². The van der Waals surface area contributed by atoms with E-state index in [2.05, 4.69) is 10.3 Å². The largest absolute Gasteiger partial charge is 0.478 e. The Morgan fingerprint density at radius 1 is 1.58 bits per heavy atom. The zero-order chi connectivity index (χ0) is 14.0. The Morgan fingerprint density at radius 2 is 2.32 bits per heavy atom. The second-order valence-electron chi connectivity index (χ2n) is 5.17. The number of nitrogens with zero attached hydrogens (tertiary/aromatic N) is 1. The van der Waals surface area contributed by atoms with Crippen LogP contribution < -0.4 is 5.32 Å². The van der Waals surface area contributed by atoms with E-state index < -0.39 is 5.97 Å². The van der Waals surface area contributed by atoms with Crippen molar-refractivity contribution >= 4 is 11.8 Å². The van der Waals surface area contributed by atoms with Crippen LogP contribution in [0.15, 0.2) is 6.07 Å². The van der Waals surface area contributed by atoms with Crippen LogP contribution in [-0.4, -0.2) is 35.3 Å². The summed E-state index contributed by atoms with van der Waals surface area (Å²) in [6.45, 7) is 7.22. The Morgan fingerprint density at radius 3 is 2.89 bits per heavy atom. The number of ether oxygens (including phenoxy) is 1. The fourth-order valence-electron chi connectivity index (χ4n) is 2.49. The van der Waals surface area contributed by atoms with Crippen LogP contribution in [0.1, 0.15) is 35.0 Å². The maximum Gasteiger partial charge on any atom is 0.339 e. The maximum atomic E-state index is 11.4. The van der Waals surface area contributed by atoms with E-state index in [4.69, 9.17) is 4.74 Å². The third-order valence-corrected chi connectivity index (χ3v) is 3.59. The minimum atomic E-state index is -0.942. The van der Waals surface area contributed by atoms with E-state index in [0.717, 1.165) is 30.9 Å². The lowest BCUT2D eigenvalue weighted by Gasteiger charge is -2.21. The van der Waals surface area contributed by atoms with Gasteiger partial charge in [0.15, 0.2) is 0 Å². The molecule has 2 atom stereocenters. The van der Waals surface area contributed by atoms with Gasteiger partial charge in [0.1, 0.15) is 11.4 Å². The number of hydrogen-bond donors (Lipinski definition) is 2. The van der Waals surface area contributed by atoms with Crippen LogP contribution in [0.3, 0.4) is 0 Å². The number of aryl methyl sites for hydroxylation is 2. The molecule has 0 aromatic carbocycles. The molecule has 1 fully saturated rings. The molecule has 5 nitrogen and oxygen atoms in total. The van der Waals surface area contributed by atoms with Gasteiger partial charge >= 0.3 is 5.97 Å². The summed E-state index contributed by atoms with van der Waals surface area (Å²) in [6, 6.07) is 1.94. The van der Waals surface area contributed by atoms with Gasteiger partial charge in [-0.2, -0.15) is 0 Å². The molecule has 0 spiro atoms. The predicted octanol–water partition coefficient (Wildman–Crippen LogP) is 2.23. The topological polar surface area (TPSA) is 71.5 Å². The molecule has 104 valence electrons. The van der Waals surface area contributed by atoms with Crippen LogP contribution in [-0.2, 0) is 4.74 Å². The summed E-state index contributed by atoms with van der Waals surface area (Å²) in [5, 5.41) is 12.6. The summed E-state index contributed by atoms with van der Waals surface area (Å²) in [5.41, 5.74) is 1.81. The lowest BCUT2D eigenvalue weighted by Crippen LogP contribution is -2.28. The molecule has 1 aromatic heterocycles. The number of aromatic nitrogens is 1. The van der Waals surface area contributed by atoms with Crippen molar-refractivity contribution in [2.45, 2.75) is 33.2 Å².